The number of hydrogen-bond acceptors (Lipinski definition) is 3. The Labute approximate surface area is 315 Å². The topological polar surface area (TPSA) is 28.2 Å². The molecular formula is C51H35N3. The van der Waals surface area contributed by atoms with E-state index in [2.05, 4.69) is 191 Å². The molecule has 0 saturated carbocycles. The average molecular weight is 690 g/mol. The molecule has 3 heteroatoms. The third-order valence-corrected chi connectivity index (χ3v) is 11.7. The molecule has 0 fully saturated rings. The first-order valence-electron chi connectivity index (χ1n) is 18.6. The summed E-state index contributed by atoms with van der Waals surface area (Å²) in [6, 6.07) is 66.9. The summed E-state index contributed by atoms with van der Waals surface area (Å²) in [5.41, 5.74) is 19.2. The molecular weight excluding hydrogens is 655 g/mol. The predicted octanol–water partition coefficient (Wildman–Crippen LogP) is 12.0. The summed E-state index contributed by atoms with van der Waals surface area (Å²) >= 11 is 0. The predicted molar refractivity (Wildman–Crippen MR) is 221 cm³/mol. The fourth-order valence-electron chi connectivity index (χ4n) is 9.22. The number of pyridine rings is 1. The van der Waals surface area contributed by atoms with Crippen molar-refractivity contribution >= 4 is 5.69 Å². The molecule has 0 spiro atoms. The number of benzene rings is 7. The third-order valence-electron chi connectivity index (χ3n) is 11.7. The highest BCUT2D eigenvalue weighted by molar-refractivity contribution is 5.90. The molecule has 1 N–H and O–H groups in total. The Bertz CT molecular complexity index is 2700. The van der Waals surface area contributed by atoms with E-state index in [9.17, 15) is 0 Å². The van der Waals surface area contributed by atoms with Crippen LogP contribution in [0.4, 0.5) is 5.69 Å². The van der Waals surface area contributed by atoms with Gasteiger partial charge in [0.05, 0.1) is 16.8 Å². The monoisotopic (exact) mass is 689 g/mol. The van der Waals surface area contributed by atoms with Gasteiger partial charge >= 0.3 is 0 Å². The highest BCUT2D eigenvalue weighted by Gasteiger charge is 2.46. The second-order valence-corrected chi connectivity index (χ2v) is 14.4. The first kappa shape index (κ1) is 30.6. The molecule has 3 nitrogen and oxygen atoms in total. The molecule has 0 saturated heterocycles. The van der Waals surface area contributed by atoms with Crippen molar-refractivity contribution in [2.45, 2.75) is 11.6 Å². The van der Waals surface area contributed by atoms with Crippen LogP contribution < -0.4 is 10.2 Å². The van der Waals surface area contributed by atoms with E-state index < -0.39 is 5.41 Å². The number of fused-ring (bicyclic) bond motifs is 9. The van der Waals surface area contributed by atoms with Gasteiger partial charge in [-0.1, -0.05) is 152 Å². The van der Waals surface area contributed by atoms with Crippen LogP contribution in [0, 0.1) is 0 Å². The van der Waals surface area contributed by atoms with Gasteiger partial charge in [0.2, 0.25) is 0 Å². The molecule has 7 aromatic carbocycles. The summed E-state index contributed by atoms with van der Waals surface area (Å²) in [6.07, 6.45) is 6.19. The van der Waals surface area contributed by atoms with E-state index in [0.717, 1.165) is 11.3 Å². The van der Waals surface area contributed by atoms with E-state index in [1.165, 1.54) is 78.0 Å². The molecule has 3 heterocycles. The molecule has 8 aromatic rings. The highest BCUT2D eigenvalue weighted by atomic mass is 15.3. The van der Waals surface area contributed by atoms with Gasteiger partial charge < -0.3 is 10.2 Å². The summed E-state index contributed by atoms with van der Waals surface area (Å²) in [7, 11) is 0. The van der Waals surface area contributed by atoms with Crippen molar-refractivity contribution in [3.05, 3.63) is 228 Å². The third kappa shape index (κ3) is 4.52. The second-order valence-electron chi connectivity index (χ2n) is 14.4. The quantitative estimate of drug-likeness (QED) is 0.195. The normalized spacial score (nSPS) is 15.4. The highest BCUT2D eigenvalue weighted by Crippen LogP contribution is 2.56. The first-order chi connectivity index (χ1) is 26.8. The first-order valence-corrected chi connectivity index (χ1v) is 18.6. The fraction of sp³-hybridized carbons (Fsp3) is 0.0392. The van der Waals surface area contributed by atoms with E-state index in [-0.39, 0.29) is 6.17 Å². The summed E-state index contributed by atoms with van der Waals surface area (Å²) < 4.78 is 0. The van der Waals surface area contributed by atoms with Gasteiger partial charge in [-0.3, -0.25) is 4.98 Å². The lowest BCUT2D eigenvalue weighted by molar-refractivity contribution is 0.663. The molecule has 11 rings (SSSR count). The maximum absolute atomic E-state index is 4.59. The summed E-state index contributed by atoms with van der Waals surface area (Å²) in [5.74, 6) is 0. The van der Waals surface area contributed by atoms with E-state index in [1.54, 1.807) is 0 Å². The van der Waals surface area contributed by atoms with E-state index >= 15 is 0 Å². The summed E-state index contributed by atoms with van der Waals surface area (Å²) in [4.78, 5) is 6.93. The smallest absolute Gasteiger partial charge is 0.130 e. The Balaban J connectivity index is 1.03. The van der Waals surface area contributed by atoms with Gasteiger partial charge in [0.1, 0.15) is 6.17 Å². The maximum atomic E-state index is 4.59. The van der Waals surface area contributed by atoms with Gasteiger partial charge in [0.15, 0.2) is 0 Å². The molecule has 1 unspecified atom stereocenters. The number of hydrogen-bond donors (Lipinski definition) is 1. The Hall–Kier alpha value is -6.97. The minimum Gasteiger partial charge on any atom is -0.366 e. The van der Waals surface area contributed by atoms with Crippen LogP contribution in [0.25, 0.3) is 55.8 Å². The van der Waals surface area contributed by atoms with Crippen LogP contribution in [0.1, 0.15) is 34.0 Å². The van der Waals surface area contributed by atoms with Gasteiger partial charge in [0, 0.05) is 35.3 Å². The van der Waals surface area contributed by atoms with Crippen molar-refractivity contribution in [2.24, 2.45) is 0 Å². The van der Waals surface area contributed by atoms with Gasteiger partial charge in [-0.15, -0.1) is 0 Å². The number of nitrogens with one attached hydrogen (secondary N) is 1. The lowest BCUT2D eigenvalue weighted by atomic mass is 9.67. The van der Waals surface area contributed by atoms with Crippen LogP contribution in [0.15, 0.2) is 201 Å². The zero-order valence-electron chi connectivity index (χ0n) is 29.5. The van der Waals surface area contributed by atoms with Crippen LogP contribution in [0.2, 0.25) is 0 Å². The summed E-state index contributed by atoms with van der Waals surface area (Å²) in [5, 5.41) is 3.53. The largest absolute Gasteiger partial charge is 0.366 e. The molecule has 1 aromatic heterocycles. The second kappa shape index (κ2) is 12.0. The Kier molecular flexibility index (Phi) is 6.83. The van der Waals surface area contributed by atoms with Gasteiger partial charge in [-0.25, -0.2) is 0 Å². The molecule has 0 amide bonds. The van der Waals surface area contributed by atoms with Crippen molar-refractivity contribution in [3.63, 3.8) is 0 Å². The number of rotatable bonds is 5. The fourth-order valence-corrected chi connectivity index (χ4v) is 9.22. The Morgan fingerprint density at radius 2 is 1.06 bits per heavy atom. The SMILES string of the molecule is C1=CN2c3ccc(-c4ccc(C5(c6ccc(-c7cccc(-c8ccccn8)c7)cc6)c6ccccc6-c6ccccc65)cc4)cc3-c3ccccc3C2N1. The van der Waals surface area contributed by atoms with Crippen molar-refractivity contribution in [1.29, 1.82) is 0 Å². The Morgan fingerprint density at radius 3 is 1.74 bits per heavy atom. The molecule has 1 aliphatic carbocycles. The molecule has 54 heavy (non-hydrogen) atoms. The van der Waals surface area contributed by atoms with Crippen LogP contribution >= 0.6 is 0 Å². The molecule has 1 atom stereocenters. The standard InChI is InChI=1S/C51H35N3/c1-2-15-44-41(12-1)45-33-37(23-28-49(45)54-31-30-53-50(44)54)35-21-26-40(27-22-35)51(46-16-5-3-13-42(46)43-14-4-6-17-47(43)51)39-24-19-34(20-25-39)36-10-9-11-38(32-36)48-18-7-8-29-52-48/h1-33,50,53H. The van der Waals surface area contributed by atoms with Gasteiger partial charge in [0.25, 0.3) is 0 Å². The van der Waals surface area contributed by atoms with Crippen LogP contribution in [-0.2, 0) is 5.41 Å². The maximum Gasteiger partial charge on any atom is 0.130 e. The zero-order chi connectivity index (χ0) is 35.6. The number of anilines is 1. The number of aromatic nitrogens is 1. The van der Waals surface area contributed by atoms with E-state index in [4.69, 9.17) is 0 Å². The minimum absolute atomic E-state index is 0.137. The van der Waals surface area contributed by atoms with E-state index in [0.29, 0.717) is 0 Å². The van der Waals surface area contributed by atoms with Gasteiger partial charge in [-0.05, 0) is 91.5 Å². The average Bonchev–Trinajstić information content (AvgIpc) is 3.87. The van der Waals surface area contributed by atoms with Crippen LogP contribution in [0.5, 0.6) is 0 Å². The Morgan fingerprint density at radius 1 is 0.463 bits per heavy atom. The van der Waals surface area contributed by atoms with Crippen LogP contribution in [-0.4, -0.2) is 4.98 Å². The molecule has 254 valence electrons. The van der Waals surface area contributed by atoms with Crippen LogP contribution in [0.3, 0.4) is 0 Å². The summed E-state index contributed by atoms with van der Waals surface area (Å²) in [6.45, 7) is 0. The van der Waals surface area contributed by atoms with Crippen molar-refractivity contribution in [2.75, 3.05) is 4.90 Å². The van der Waals surface area contributed by atoms with Crippen molar-refractivity contribution in [3.8, 4) is 55.8 Å². The van der Waals surface area contributed by atoms with E-state index in [1.807, 2.05) is 24.5 Å². The molecule has 3 aliphatic rings. The van der Waals surface area contributed by atoms with Crippen molar-refractivity contribution in [1.82, 2.24) is 10.3 Å². The lowest BCUT2D eigenvalue weighted by Crippen LogP contribution is -2.30. The molecule has 0 bridgehead atoms. The lowest BCUT2D eigenvalue weighted by Gasteiger charge is -2.35. The minimum atomic E-state index is -0.473. The van der Waals surface area contributed by atoms with Gasteiger partial charge in [-0.2, -0.15) is 0 Å². The zero-order valence-corrected chi connectivity index (χ0v) is 29.5. The van der Waals surface area contributed by atoms with Crippen molar-refractivity contribution < 1.29 is 0 Å². The molecule has 0 radical (unpaired) electrons. The number of nitrogens with zero attached hydrogens (tertiary/aromatic N) is 2. The molecule has 2 aliphatic heterocycles.